The van der Waals surface area contributed by atoms with Gasteiger partial charge in [0.15, 0.2) is 0 Å². The molecular formula is C36H46N4O4. The van der Waals surface area contributed by atoms with Gasteiger partial charge in [0, 0.05) is 39.0 Å². The molecule has 0 heterocycles. The zero-order chi connectivity index (χ0) is 32.3. The van der Waals surface area contributed by atoms with Crippen molar-refractivity contribution in [2.75, 3.05) is 20.6 Å². The number of nitrogens with zero attached hydrogens (tertiary/aromatic N) is 2. The quantitative estimate of drug-likeness (QED) is 0.243. The van der Waals surface area contributed by atoms with Crippen LogP contribution >= 0.6 is 0 Å². The maximum Gasteiger partial charge on any atom is 0.246 e. The maximum absolute atomic E-state index is 14.2. The van der Waals surface area contributed by atoms with E-state index in [1.807, 2.05) is 98.8 Å². The second-order valence-electron chi connectivity index (χ2n) is 12.1. The standard InChI is InChI=1S/C36H46N4O4/c1-26(41)25-38-34(43)31(23-27-13-8-6-9-14-27)40(5)35(44)32(39(4)33(42)17-12-22-36(2,3)37)24-28-18-20-30(21-19-28)29-15-10-7-11-16-29/h6-21,26,31-32,41H,22-25,37H2,1-5H3,(H,38,43)/b17-12+/t26-,31-,32-/m1/s1. The lowest BCUT2D eigenvalue weighted by Gasteiger charge is -2.34. The molecular weight excluding hydrogens is 552 g/mol. The number of benzene rings is 3. The van der Waals surface area contributed by atoms with Crippen molar-refractivity contribution in [1.29, 1.82) is 0 Å². The molecule has 8 heteroatoms. The Morgan fingerprint density at radius 3 is 1.91 bits per heavy atom. The summed E-state index contributed by atoms with van der Waals surface area (Å²) in [6.07, 6.45) is 3.46. The third kappa shape index (κ3) is 10.5. The highest BCUT2D eigenvalue weighted by atomic mass is 16.3. The molecule has 0 unspecified atom stereocenters. The van der Waals surface area contributed by atoms with Gasteiger partial charge in [-0.05, 0) is 55.5 Å². The van der Waals surface area contributed by atoms with Gasteiger partial charge in [-0.25, -0.2) is 0 Å². The van der Waals surface area contributed by atoms with Crippen LogP contribution in [-0.2, 0) is 27.2 Å². The molecule has 0 fully saturated rings. The van der Waals surface area contributed by atoms with E-state index in [0.29, 0.717) is 6.42 Å². The SMILES string of the molecule is C[C@@H](O)CNC(=O)[C@@H](Cc1ccccc1)N(C)C(=O)[C@@H](Cc1ccc(-c2ccccc2)cc1)N(C)C(=O)/C=C/CC(C)(C)N. The second-order valence-corrected chi connectivity index (χ2v) is 12.1. The monoisotopic (exact) mass is 598 g/mol. The Hall–Kier alpha value is -4.27. The summed E-state index contributed by atoms with van der Waals surface area (Å²) in [7, 11) is 3.20. The van der Waals surface area contributed by atoms with Gasteiger partial charge in [0.2, 0.25) is 17.7 Å². The largest absolute Gasteiger partial charge is 0.392 e. The van der Waals surface area contributed by atoms with E-state index in [1.54, 1.807) is 27.1 Å². The van der Waals surface area contributed by atoms with E-state index in [0.717, 1.165) is 22.3 Å². The summed E-state index contributed by atoms with van der Waals surface area (Å²) < 4.78 is 0. The van der Waals surface area contributed by atoms with Crippen molar-refractivity contribution in [2.24, 2.45) is 5.73 Å². The van der Waals surface area contributed by atoms with Crippen LogP contribution < -0.4 is 11.1 Å². The van der Waals surface area contributed by atoms with E-state index in [4.69, 9.17) is 5.73 Å². The van der Waals surface area contributed by atoms with Gasteiger partial charge in [0.25, 0.3) is 0 Å². The number of hydrogen-bond acceptors (Lipinski definition) is 5. The topological polar surface area (TPSA) is 116 Å². The fraction of sp³-hybridized carbons (Fsp3) is 0.361. The summed E-state index contributed by atoms with van der Waals surface area (Å²) in [6, 6.07) is 25.6. The summed E-state index contributed by atoms with van der Waals surface area (Å²) in [6.45, 7) is 5.40. The predicted molar refractivity (Wildman–Crippen MR) is 176 cm³/mol. The first-order valence-corrected chi connectivity index (χ1v) is 15.0. The molecule has 234 valence electrons. The fourth-order valence-corrected chi connectivity index (χ4v) is 4.81. The number of rotatable bonds is 14. The molecule has 0 aliphatic rings. The van der Waals surface area contributed by atoms with Crippen molar-refractivity contribution in [3.8, 4) is 11.1 Å². The number of nitrogens with two attached hydrogens (primary N) is 1. The van der Waals surface area contributed by atoms with E-state index in [1.165, 1.54) is 15.9 Å². The molecule has 4 N–H and O–H groups in total. The molecule has 0 saturated carbocycles. The van der Waals surface area contributed by atoms with E-state index < -0.39 is 23.7 Å². The summed E-state index contributed by atoms with van der Waals surface area (Å²) in [4.78, 5) is 43.8. The van der Waals surface area contributed by atoms with Crippen LogP contribution in [0.2, 0.25) is 0 Å². The van der Waals surface area contributed by atoms with Crippen LogP contribution in [0.5, 0.6) is 0 Å². The van der Waals surface area contributed by atoms with Crippen molar-refractivity contribution < 1.29 is 19.5 Å². The van der Waals surface area contributed by atoms with E-state index in [-0.39, 0.29) is 37.1 Å². The van der Waals surface area contributed by atoms with E-state index in [9.17, 15) is 19.5 Å². The average molecular weight is 599 g/mol. The molecule has 0 radical (unpaired) electrons. The van der Waals surface area contributed by atoms with Gasteiger partial charge in [-0.3, -0.25) is 14.4 Å². The molecule has 0 aromatic heterocycles. The van der Waals surface area contributed by atoms with Crippen LogP contribution in [0.1, 0.15) is 38.3 Å². The first-order chi connectivity index (χ1) is 20.9. The minimum atomic E-state index is -0.881. The van der Waals surface area contributed by atoms with Crippen LogP contribution in [0.25, 0.3) is 11.1 Å². The summed E-state index contributed by atoms with van der Waals surface area (Å²) >= 11 is 0. The Morgan fingerprint density at radius 1 is 0.818 bits per heavy atom. The Bertz CT molecular complexity index is 1380. The molecule has 3 aromatic rings. The zero-order valence-electron chi connectivity index (χ0n) is 26.4. The van der Waals surface area contributed by atoms with Crippen molar-refractivity contribution in [2.45, 2.75) is 63.8 Å². The molecule has 3 atom stereocenters. The molecule has 0 aliphatic carbocycles. The number of carbonyl (C=O) groups is 3. The molecule has 8 nitrogen and oxygen atoms in total. The van der Waals surface area contributed by atoms with Crippen LogP contribution in [0, 0.1) is 0 Å². The number of nitrogens with one attached hydrogen (secondary N) is 1. The lowest BCUT2D eigenvalue weighted by atomic mass is 9.98. The van der Waals surface area contributed by atoms with Crippen molar-refractivity contribution in [1.82, 2.24) is 15.1 Å². The highest BCUT2D eigenvalue weighted by Gasteiger charge is 2.35. The van der Waals surface area contributed by atoms with Crippen molar-refractivity contribution in [3.05, 3.63) is 108 Å². The normalized spacial score (nSPS) is 13.6. The first-order valence-electron chi connectivity index (χ1n) is 15.0. The third-order valence-corrected chi connectivity index (χ3v) is 7.46. The highest BCUT2D eigenvalue weighted by molar-refractivity contribution is 5.95. The van der Waals surface area contributed by atoms with Crippen LogP contribution in [0.4, 0.5) is 0 Å². The van der Waals surface area contributed by atoms with Gasteiger partial charge in [0.1, 0.15) is 12.1 Å². The number of hydrogen-bond donors (Lipinski definition) is 3. The second kappa shape index (κ2) is 16.0. The Balaban J connectivity index is 1.92. The number of likely N-dealkylation sites (N-methyl/N-ethyl adjacent to an activating group) is 2. The van der Waals surface area contributed by atoms with Crippen LogP contribution in [0.3, 0.4) is 0 Å². The lowest BCUT2D eigenvalue weighted by molar-refractivity contribution is -0.146. The maximum atomic E-state index is 14.2. The van der Waals surface area contributed by atoms with Gasteiger partial charge < -0.3 is 26.0 Å². The average Bonchev–Trinajstić information content (AvgIpc) is 3.01. The number of amides is 3. The molecule has 0 saturated heterocycles. The first kappa shape index (κ1) is 34.2. The summed E-state index contributed by atoms with van der Waals surface area (Å²) in [5.74, 6) is -1.08. The van der Waals surface area contributed by atoms with Crippen LogP contribution in [0.15, 0.2) is 97.1 Å². The van der Waals surface area contributed by atoms with Gasteiger partial charge >= 0.3 is 0 Å². The molecule has 0 spiro atoms. The minimum absolute atomic E-state index is 0.0595. The van der Waals surface area contributed by atoms with Gasteiger partial charge in [-0.2, -0.15) is 0 Å². The van der Waals surface area contributed by atoms with E-state index in [2.05, 4.69) is 5.32 Å². The Morgan fingerprint density at radius 2 is 1.34 bits per heavy atom. The number of carbonyl (C=O) groups excluding carboxylic acids is 3. The molecule has 3 rings (SSSR count). The highest BCUT2D eigenvalue weighted by Crippen LogP contribution is 2.21. The molecule has 0 aliphatic heterocycles. The molecule has 3 amide bonds. The van der Waals surface area contributed by atoms with Crippen LogP contribution in [-0.4, -0.2) is 77.0 Å². The van der Waals surface area contributed by atoms with Gasteiger partial charge in [-0.1, -0.05) is 91.0 Å². The van der Waals surface area contributed by atoms with Gasteiger partial charge in [-0.15, -0.1) is 0 Å². The summed E-state index contributed by atoms with van der Waals surface area (Å²) in [5, 5.41) is 12.5. The molecule has 3 aromatic carbocycles. The van der Waals surface area contributed by atoms with Gasteiger partial charge in [0.05, 0.1) is 6.10 Å². The Labute approximate surface area is 261 Å². The predicted octanol–water partition coefficient (Wildman–Crippen LogP) is 3.97. The minimum Gasteiger partial charge on any atom is -0.392 e. The van der Waals surface area contributed by atoms with Crippen molar-refractivity contribution >= 4 is 17.7 Å². The fourth-order valence-electron chi connectivity index (χ4n) is 4.81. The molecule has 44 heavy (non-hydrogen) atoms. The summed E-state index contributed by atoms with van der Waals surface area (Å²) in [5.41, 5.74) is 9.49. The zero-order valence-corrected chi connectivity index (χ0v) is 26.4. The van der Waals surface area contributed by atoms with E-state index >= 15 is 0 Å². The Kier molecular flexibility index (Phi) is 12.4. The number of aliphatic hydroxyl groups excluding tert-OH is 1. The third-order valence-electron chi connectivity index (χ3n) is 7.46. The van der Waals surface area contributed by atoms with Crippen molar-refractivity contribution in [3.63, 3.8) is 0 Å². The number of aliphatic hydroxyl groups is 1. The lowest BCUT2D eigenvalue weighted by Crippen LogP contribution is -2.56. The smallest absolute Gasteiger partial charge is 0.246 e. The molecule has 0 bridgehead atoms.